The van der Waals surface area contributed by atoms with E-state index in [1.807, 2.05) is 17.4 Å². The predicted octanol–water partition coefficient (Wildman–Crippen LogP) is 14.1. The van der Waals surface area contributed by atoms with Gasteiger partial charge in [-0.25, -0.2) is 9.98 Å². The third kappa shape index (κ3) is 5.36. The van der Waals surface area contributed by atoms with Crippen LogP contribution in [0.15, 0.2) is 202 Å². The van der Waals surface area contributed by atoms with Crippen LogP contribution in [0.5, 0.6) is 0 Å². The minimum absolute atomic E-state index is 0.332. The van der Waals surface area contributed by atoms with E-state index in [9.17, 15) is 0 Å². The molecule has 0 saturated carbocycles. The maximum atomic E-state index is 6.50. The number of aliphatic imine (C=N–C) groups is 2. The molecule has 9 aromatic carbocycles. The second kappa shape index (κ2) is 13.1. The molecule has 4 nitrogen and oxygen atoms in total. The van der Waals surface area contributed by atoms with E-state index >= 15 is 0 Å². The Kier molecular flexibility index (Phi) is 7.43. The number of benzene rings is 9. The smallest absolute Gasteiger partial charge is 0.159 e. The van der Waals surface area contributed by atoms with E-state index in [1.165, 1.54) is 47.3 Å². The normalized spacial score (nSPS) is 14.4. The van der Waals surface area contributed by atoms with Crippen molar-refractivity contribution in [2.24, 2.45) is 9.98 Å². The molecule has 11 aromatic rings. The summed E-state index contributed by atoms with van der Waals surface area (Å²) in [5.41, 5.74) is 9.35. The number of thiophene rings is 1. The zero-order chi connectivity index (χ0) is 38.2. The molecule has 1 N–H and O–H groups in total. The molecule has 2 aromatic heterocycles. The van der Waals surface area contributed by atoms with Crippen LogP contribution in [0.3, 0.4) is 0 Å². The maximum absolute atomic E-state index is 6.50. The third-order valence-electron chi connectivity index (χ3n) is 11.5. The summed E-state index contributed by atoms with van der Waals surface area (Å²) in [6, 6.07) is 66.9. The summed E-state index contributed by atoms with van der Waals surface area (Å²) in [6.45, 7) is 0. The van der Waals surface area contributed by atoms with Gasteiger partial charge in [0, 0.05) is 47.6 Å². The third-order valence-corrected chi connectivity index (χ3v) is 12.7. The molecule has 1 atom stereocenters. The first kappa shape index (κ1) is 32.9. The fourth-order valence-corrected chi connectivity index (χ4v) is 9.92. The van der Waals surface area contributed by atoms with Crippen molar-refractivity contribution in [3.05, 3.63) is 205 Å². The SMILES string of the molecule is c1ccc(C2=NC(c3cccc(-c4cccc5oc6ccc(-c7ccc8c(ccc9ccccc98)c7)cc6c45)c3)=NC(c3cccc4sc5ccccc5c34)N2)cc1. The largest absolute Gasteiger partial charge is 0.456 e. The summed E-state index contributed by atoms with van der Waals surface area (Å²) in [6.07, 6.45) is -0.332. The Bertz CT molecular complexity index is 3500. The highest BCUT2D eigenvalue weighted by Gasteiger charge is 2.24. The molecule has 12 rings (SSSR count). The molecule has 58 heavy (non-hydrogen) atoms. The van der Waals surface area contributed by atoms with Gasteiger partial charge in [-0.2, -0.15) is 0 Å². The Morgan fingerprint density at radius 2 is 1.17 bits per heavy atom. The topological polar surface area (TPSA) is 49.9 Å². The van der Waals surface area contributed by atoms with Crippen LogP contribution in [0.25, 0.3) is 85.9 Å². The standard InChI is InChI=1S/C53H33N3OS/c1-2-12-33(13-3-1)51-54-52(56-53(55-51)43-19-10-22-48-50(43)42-17-6-7-21-47(42)58-48)38-15-8-14-36(30-38)41-18-9-20-46-49(41)44-31-35(26-28-45(44)57-46)34-25-27-40-37(29-34)24-23-32-11-4-5-16-39(32)40/h1-31,53H,(H,54,55,56). The van der Waals surface area contributed by atoms with Crippen LogP contribution < -0.4 is 5.32 Å². The van der Waals surface area contributed by atoms with Crippen LogP contribution in [0, 0.1) is 0 Å². The van der Waals surface area contributed by atoms with Gasteiger partial charge >= 0.3 is 0 Å². The van der Waals surface area contributed by atoms with Crippen molar-refractivity contribution in [3.63, 3.8) is 0 Å². The Hall–Kier alpha value is -7.34. The summed E-state index contributed by atoms with van der Waals surface area (Å²) in [5, 5.41) is 13.4. The zero-order valence-corrected chi connectivity index (χ0v) is 32.0. The fraction of sp³-hybridized carbons (Fsp3) is 0.0189. The van der Waals surface area contributed by atoms with Gasteiger partial charge in [-0.05, 0) is 86.3 Å². The molecule has 0 amide bonds. The summed E-state index contributed by atoms with van der Waals surface area (Å²) in [4.78, 5) is 10.5. The van der Waals surface area contributed by atoms with E-state index < -0.39 is 0 Å². The Balaban J connectivity index is 0.982. The molecule has 0 bridgehead atoms. The number of furan rings is 1. The van der Waals surface area contributed by atoms with Gasteiger partial charge in [0.15, 0.2) is 5.84 Å². The Morgan fingerprint density at radius 1 is 0.448 bits per heavy atom. The lowest BCUT2D eigenvalue weighted by molar-refractivity contribution is 0.669. The Labute approximate surface area is 338 Å². The van der Waals surface area contributed by atoms with Gasteiger partial charge in [0.2, 0.25) is 0 Å². The van der Waals surface area contributed by atoms with E-state index in [0.29, 0.717) is 5.84 Å². The van der Waals surface area contributed by atoms with Crippen molar-refractivity contribution in [1.29, 1.82) is 0 Å². The minimum Gasteiger partial charge on any atom is -0.456 e. The number of fused-ring (bicyclic) bond motifs is 9. The van der Waals surface area contributed by atoms with E-state index in [2.05, 4.69) is 187 Å². The molecule has 0 saturated heterocycles. The van der Waals surface area contributed by atoms with Gasteiger partial charge in [-0.3, -0.25) is 0 Å². The first-order valence-electron chi connectivity index (χ1n) is 19.6. The molecule has 272 valence electrons. The van der Waals surface area contributed by atoms with Crippen LogP contribution in [0.2, 0.25) is 0 Å². The monoisotopic (exact) mass is 759 g/mol. The summed E-state index contributed by atoms with van der Waals surface area (Å²) < 4.78 is 9.03. The summed E-state index contributed by atoms with van der Waals surface area (Å²) >= 11 is 1.82. The molecular formula is C53H33N3OS. The van der Waals surface area contributed by atoms with Gasteiger partial charge in [0.1, 0.15) is 23.2 Å². The first-order valence-corrected chi connectivity index (χ1v) is 20.4. The van der Waals surface area contributed by atoms with E-state index in [0.717, 1.165) is 61.2 Å². The summed E-state index contributed by atoms with van der Waals surface area (Å²) in [5.74, 6) is 1.49. The van der Waals surface area contributed by atoms with Crippen molar-refractivity contribution in [2.45, 2.75) is 6.17 Å². The minimum atomic E-state index is -0.332. The van der Waals surface area contributed by atoms with Gasteiger partial charge in [0.25, 0.3) is 0 Å². The molecule has 5 heteroatoms. The fourth-order valence-electron chi connectivity index (χ4n) is 8.78. The number of nitrogens with one attached hydrogen (secondary N) is 1. The second-order valence-electron chi connectivity index (χ2n) is 14.9. The number of hydrogen-bond acceptors (Lipinski definition) is 5. The second-order valence-corrected chi connectivity index (χ2v) is 16.0. The van der Waals surface area contributed by atoms with Crippen molar-refractivity contribution in [1.82, 2.24) is 5.32 Å². The Morgan fingerprint density at radius 3 is 2.12 bits per heavy atom. The van der Waals surface area contributed by atoms with Crippen molar-refractivity contribution in [2.75, 3.05) is 0 Å². The molecule has 0 spiro atoms. The average molecular weight is 760 g/mol. The van der Waals surface area contributed by atoms with Gasteiger partial charge in [0.05, 0.1) is 0 Å². The van der Waals surface area contributed by atoms with Crippen LogP contribution in [0.1, 0.15) is 22.9 Å². The highest BCUT2D eigenvalue weighted by molar-refractivity contribution is 7.25. The molecule has 1 unspecified atom stereocenters. The predicted molar refractivity (Wildman–Crippen MR) is 244 cm³/mol. The molecule has 1 aliphatic rings. The molecule has 1 aliphatic heterocycles. The average Bonchev–Trinajstić information content (AvgIpc) is 3.87. The lowest BCUT2D eigenvalue weighted by atomic mass is 9.95. The van der Waals surface area contributed by atoms with E-state index in [-0.39, 0.29) is 6.17 Å². The van der Waals surface area contributed by atoms with Crippen molar-refractivity contribution < 1.29 is 4.42 Å². The van der Waals surface area contributed by atoms with E-state index in [4.69, 9.17) is 14.4 Å². The number of rotatable bonds is 5. The molecule has 3 heterocycles. The molecular weight excluding hydrogens is 727 g/mol. The van der Waals surface area contributed by atoms with Gasteiger partial charge in [-0.1, -0.05) is 146 Å². The molecule has 0 radical (unpaired) electrons. The number of amidine groups is 2. The van der Waals surface area contributed by atoms with Crippen LogP contribution in [-0.4, -0.2) is 11.7 Å². The zero-order valence-electron chi connectivity index (χ0n) is 31.2. The van der Waals surface area contributed by atoms with Crippen LogP contribution in [-0.2, 0) is 0 Å². The van der Waals surface area contributed by atoms with Crippen LogP contribution >= 0.6 is 11.3 Å². The number of nitrogens with zero attached hydrogens (tertiary/aromatic N) is 2. The molecule has 0 fully saturated rings. The number of hydrogen-bond donors (Lipinski definition) is 1. The summed E-state index contributed by atoms with van der Waals surface area (Å²) in [7, 11) is 0. The first-order chi connectivity index (χ1) is 28.7. The van der Waals surface area contributed by atoms with Crippen molar-refractivity contribution in [3.8, 4) is 22.3 Å². The van der Waals surface area contributed by atoms with Gasteiger partial charge in [-0.15, -0.1) is 11.3 Å². The lowest BCUT2D eigenvalue weighted by Crippen LogP contribution is -2.33. The van der Waals surface area contributed by atoms with Crippen LogP contribution in [0.4, 0.5) is 0 Å². The van der Waals surface area contributed by atoms with Crippen molar-refractivity contribution >= 4 is 86.7 Å². The van der Waals surface area contributed by atoms with Gasteiger partial charge < -0.3 is 9.73 Å². The highest BCUT2D eigenvalue weighted by atomic mass is 32.1. The quantitative estimate of drug-likeness (QED) is 0.178. The maximum Gasteiger partial charge on any atom is 0.159 e. The highest BCUT2D eigenvalue weighted by Crippen LogP contribution is 2.41. The lowest BCUT2D eigenvalue weighted by Gasteiger charge is -2.24. The van der Waals surface area contributed by atoms with E-state index in [1.54, 1.807) is 0 Å². The molecule has 0 aliphatic carbocycles.